The summed E-state index contributed by atoms with van der Waals surface area (Å²) >= 11 is 0. The molecule has 3 N–H and O–H groups in total. The Morgan fingerprint density at radius 3 is 2.61 bits per heavy atom. The third-order valence-electron chi connectivity index (χ3n) is 5.08. The van der Waals surface area contributed by atoms with Crippen LogP contribution in [0.1, 0.15) is 22.8 Å². The summed E-state index contributed by atoms with van der Waals surface area (Å²) in [6, 6.07) is 7.65. The van der Waals surface area contributed by atoms with Gasteiger partial charge >= 0.3 is 0 Å². The molecular formula is C22H36N6O3. The lowest BCUT2D eigenvalue weighted by atomic mass is 10.1. The highest BCUT2D eigenvalue weighted by molar-refractivity contribution is 5.94. The average molecular weight is 433 g/mol. The Kier molecular flexibility index (Phi) is 10.8. The van der Waals surface area contributed by atoms with Crippen LogP contribution in [0.15, 0.2) is 29.3 Å². The van der Waals surface area contributed by atoms with Gasteiger partial charge in [0.25, 0.3) is 5.91 Å². The predicted octanol–water partition coefficient (Wildman–Crippen LogP) is -0.0656. The fraction of sp³-hybridized carbons (Fsp3) is 0.591. The van der Waals surface area contributed by atoms with Crippen molar-refractivity contribution >= 4 is 17.8 Å². The van der Waals surface area contributed by atoms with E-state index in [4.69, 9.17) is 9.73 Å². The minimum absolute atomic E-state index is 0.0325. The Morgan fingerprint density at radius 1 is 1.16 bits per heavy atom. The van der Waals surface area contributed by atoms with Crippen LogP contribution < -0.4 is 16.0 Å². The molecule has 0 radical (unpaired) electrons. The fourth-order valence-electron chi connectivity index (χ4n) is 3.40. The third-order valence-corrected chi connectivity index (χ3v) is 5.08. The molecule has 0 unspecified atom stereocenters. The summed E-state index contributed by atoms with van der Waals surface area (Å²) in [4.78, 5) is 33.0. The van der Waals surface area contributed by atoms with Gasteiger partial charge in [0.15, 0.2) is 5.96 Å². The Balaban J connectivity index is 1.83. The zero-order valence-electron chi connectivity index (χ0n) is 18.9. The molecule has 1 fully saturated rings. The maximum atomic E-state index is 12.0. The summed E-state index contributed by atoms with van der Waals surface area (Å²) < 4.78 is 4.95. The first-order chi connectivity index (χ1) is 15.1. The topological polar surface area (TPSA) is 98.3 Å². The smallest absolute Gasteiger partial charge is 0.251 e. The van der Waals surface area contributed by atoms with Crippen LogP contribution in [0.4, 0.5) is 0 Å². The first-order valence-electron chi connectivity index (χ1n) is 10.9. The quantitative estimate of drug-likeness (QED) is 0.272. The molecule has 0 saturated carbocycles. The van der Waals surface area contributed by atoms with Crippen LogP contribution in [0.25, 0.3) is 0 Å². The number of piperazine rings is 1. The van der Waals surface area contributed by atoms with Crippen molar-refractivity contribution in [3.05, 3.63) is 35.4 Å². The molecule has 172 valence electrons. The van der Waals surface area contributed by atoms with E-state index in [1.807, 2.05) is 24.3 Å². The first-order valence-corrected chi connectivity index (χ1v) is 10.9. The molecule has 1 saturated heterocycles. The predicted molar refractivity (Wildman–Crippen MR) is 122 cm³/mol. The molecule has 0 atom stereocenters. The molecule has 2 rings (SSSR count). The highest BCUT2D eigenvalue weighted by atomic mass is 16.5. The number of carbonyl (C=O) groups excluding carboxylic acids is 2. The largest absolute Gasteiger partial charge is 0.383 e. The van der Waals surface area contributed by atoms with Crippen molar-refractivity contribution < 1.29 is 14.3 Å². The number of hydrogen-bond donors (Lipinski definition) is 3. The first kappa shape index (κ1) is 24.6. The van der Waals surface area contributed by atoms with E-state index in [9.17, 15) is 9.59 Å². The molecule has 1 heterocycles. The molecule has 1 aliphatic rings. The van der Waals surface area contributed by atoms with Crippen LogP contribution in [-0.2, 0) is 16.0 Å². The summed E-state index contributed by atoms with van der Waals surface area (Å²) in [5.41, 5.74) is 1.75. The lowest BCUT2D eigenvalue weighted by Gasteiger charge is -2.36. The van der Waals surface area contributed by atoms with Gasteiger partial charge in [0.05, 0.1) is 13.2 Å². The summed E-state index contributed by atoms with van der Waals surface area (Å²) in [7, 11) is 3.26. The SMILES string of the molecule is CCNC(=NCCc1cccc(C(=O)NC)c1)N1CCN(CC(=O)NCCOC)CC1. The fourth-order valence-corrected chi connectivity index (χ4v) is 3.40. The number of benzene rings is 1. The average Bonchev–Trinajstić information content (AvgIpc) is 2.79. The monoisotopic (exact) mass is 432 g/mol. The van der Waals surface area contributed by atoms with Gasteiger partial charge in [0, 0.05) is 65.5 Å². The van der Waals surface area contributed by atoms with Crippen molar-refractivity contribution in [1.29, 1.82) is 0 Å². The van der Waals surface area contributed by atoms with Gasteiger partial charge in [0.1, 0.15) is 0 Å². The van der Waals surface area contributed by atoms with Gasteiger partial charge in [-0.05, 0) is 31.0 Å². The van der Waals surface area contributed by atoms with Crippen molar-refractivity contribution in [1.82, 2.24) is 25.8 Å². The molecule has 0 aliphatic carbocycles. The lowest BCUT2D eigenvalue weighted by molar-refractivity contribution is -0.122. The van der Waals surface area contributed by atoms with Gasteiger partial charge < -0.3 is 25.6 Å². The Hall–Kier alpha value is -2.65. The van der Waals surface area contributed by atoms with Gasteiger partial charge in [0.2, 0.25) is 5.91 Å². The molecule has 0 aromatic heterocycles. The normalized spacial score (nSPS) is 14.9. The number of amides is 2. The minimum Gasteiger partial charge on any atom is -0.383 e. The molecular weight excluding hydrogens is 396 g/mol. The lowest BCUT2D eigenvalue weighted by Crippen LogP contribution is -2.54. The van der Waals surface area contributed by atoms with Crippen molar-refractivity contribution in [3.8, 4) is 0 Å². The molecule has 1 aliphatic heterocycles. The number of nitrogens with one attached hydrogen (secondary N) is 3. The second-order valence-electron chi connectivity index (χ2n) is 7.37. The molecule has 0 bridgehead atoms. The van der Waals surface area contributed by atoms with Crippen molar-refractivity contribution in [2.24, 2.45) is 4.99 Å². The number of ether oxygens (including phenoxy) is 1. The number of hydrogen-bond acceptors (Lipinski definition) is 5. The maximum absolute atomic E-state index is 12.0. The summed E-state index contributed by atoms with van der Waals surface area (Å²) in [5, 5.41) is 8.88. The van der Waals surface area contributed by atoms with E-state index in [0.29, 0.717) is 31.8 Å². The van der Waals surface area contributed by atoms with Crippen LogP contribution in [0.3, 0.4) is 0 Å². The van der Waals surface area contributed by atoms with E-state index in [2.05, 4.69) is 32.7 Å². The van der Waals surface area contributed by atoms with Crippen molar-refractivity contribution in [2.75, 3.05) is 73.1 Å². The molecule has 9 heteroatoms. The van der Waals surface area contributed by atoms with E-state index in [1.165, 1.54) is 0 Å². The molecule has 1 aromatic rings. The van der Waals surface area contributed by atoms with E-state index >= 15 is 0 Å². The van der Waals surface area contributed by atoms with Crippen molar-refractivity contribution in [2.45, 2.75) is 13.3 Å². The minimum atomic E-state index is -0.0797. The number of guanidine groups is 1. The number of aliphatic imine (C=N–C) groups is 1. The Morgan fingerprint density at radius 2 is 1.94 bits per heavy atom. The van der Waals surface area contributed by atoms with Crippen LogP contribution in [0, 0.1) is 0 Å². The zero-order chi connectivity index (χ0) is 22.5. The van der Waals surface area contributed by atoms with Crippen molar-refractivity contribution in [3.63, 3.8) is 0 Å². The molecule has 9 nitrogen and oxygen atoms in total. The Bertz CT molecular complexity index is 732. The molecule has 2 amide bonds. The zero-order valence-corrected chi connectivity index (χ0v) is 18.9. The standard InChI is InChI=1S/C22H36N6O3/c1-4-24-22(26-9-8-18-6-5-7-19(16-18)21(30)23-2)28-13-11-27(12-14-28)17-20(29)25-10-15-31-3/h5-7,16H,4,8-15,17H2,1-3H3,(H,23,30)(H,24,26)(H,25,29). The summed E-state index contributed by atoms with van der Waals surface area (Å²) in [5.74, 6) is 0.850. The van der Waals surface area contributed by atoms with Gasteiger partial charge in [-0.3, -0.25) is 19.5 Å². The molecule has 0 spiro atoms. The molecule has 31 heavy (non-hydrogen) atoms. The van der Waals surface area contributed by atoms with Crippen LogP contribution in [-0.4, -0.2) is 101 Å². The number of carbonyl (C=O) groups is 2. The summed E-state index contributed by atoms with van der Waals surface area (Å²) in [6.45, 7) is 8.25. The Labute approximate surface area is 185 Å². The van der Waals surface area contributed by atoms with E-state index in [0.717, 1.165) is 50.7 Å². The van der Waals surface area contributed by atoms with Gasteiger partial charge in [-0.25, -0.2) is 0 Å². The second kappa shape index (κ2) is 13.6. The molecule has 1 aromatic carbocycles. The highest BCUT2D eigenvalue weighted by Gasteiger charge is 2.21. The highest BCUT2D eigenvalue weighted by Crippen LogP contribution is 2.07. The third kappa shape index (κ3) is 8.55. The second-order valence-corrected chi connectivity index (χ2v) is 7.37. The van der Waals surface area contributed by atoms with Crippen LogP contribution in [0.2, 0.25) is 0 Å². The number of methoxy groups -OCH3 is 1. The number of nitrogens with zero attached hydrogens (tertiary/aromatic N) is 3. The van der Waals surface area contributed by atoms with Gasteiger partial charge in [-0.1, -0.05) is 12.1 Å². The van der Waals surface area contributed by atoms with E-state index < -0.39 is 0 Å². The van der Waals surface area contributed by atoms with E-state index in [1.54, 1.807) is 14.2 Å². The van der Waals surface area contributed by atoms with E-state index in [-0.39, 0.29) is 11.8 Å². The number of rotatable bonds is 10. The van der Waals surface area contributed by atoms with Gasteiger partial charge in [-0.15, -0.1) is 0 Å². The van der Waals surface area contributed by atoms with Crippen LogP contribution in [0.5, 0.6) is 0 Å². The van der Waals surface area contributed by atoms with Gasteiger partial charge in [-0.2, -0.15) is 0 Å². The maximum Gasteiger partial charge on any atom is 0.251 e. The summed E-state index contributed by atoms with van der Waals surface area (Å²) in [6.07, 6.45) is 0.765. The van der Waals surface area contributed by atoms with Crippen LogP contribution >= 0.6 is 0 Å².